The molecule has 0 spiro atoms. The molecule has 0 amide bonds. The number of carbonyl (C=O) groups is 4. The standard InChI is InChI=1S/C63H110O12S/c1-8-11-14-17-20-23-26-29-32-35-38-41-44-68-56-47-55(50-76-63-62(74-54(7)67)61(73-53(6)66)60(72-52(5)65)58(75-63)49-71-51(4)64)48-57(69-45-42-39-36-33-30-27-24-21-18-15-12-9-2)59(56)70-46-43-40-37-34-31-28-25-22-19-16-13-10-3/h47-48,58,60-63H,8-46,49-50H2,1-7H3/t58-,60-,61+,62-,63-/m1/s1. The van der Waals surface area contributed by atoms with Gasteiger partial charge >= 0.3 is 23.9 Å². The van der Waals surface area contributed by atoms with Gasteiger partial charge in [-0.2, -0.15) is 0 Å². The Labute approximate surface area is 467 Å². The van der Waals surface area contributed by atoms with Crippen molar-refractivity contribution in [2.75, 3.05) is 26.4 Å². The molecule has 0 N–H and O–H groups in total. The Hall–Kier alpha value is -3.19. The molecule has 1 heterocycles. The van der Waals surface area contributed by atoms with Crippen LogP contribution in [0.3, 0.4) is 0 Å². The lowest BCUT2D eigenvalue weighted by Gasteiger charge is -2.44. The Kier molecular flexibility index (Phi) is 42.3. The third-order valence-electron chi connectivity index (χ3n) is 14.2. The van der Waals surface area contributed by atoms with Gasteiger partial charge in [0.25, 0.3) is 0 Å². The Balaban J connectivity index is 2.32. The molecular weight excluding hydrogens is 981 g/mol. The van der Waals surface area contributed by atoms with Crippen LogP contribution in [-0.2, 0) is 48.6 Å². The number of ether oxygens (including phenoxy) is 8. The summed E-state index contributed by atoms with van der Waals surface area (Å²) in [7, 11) is 0. The minimum atomic E-state index is -1.24. The Morgan fingerprint density at radius 2 is 0.724 bits per heavy atom. The molecular formula is C63H110O12S. The molecule has 2 rings (SSSR count). The van der Waals surface area contributed by atoms with Gasteiger partial charge in [-0.15, -0.1) is 11.8 Å². The van der Waals surface area contributed by atoms with Crippen LogP contribution >= 0.6 is 11.8 Å². The fraction of sp³-hybridized carbons (Fsp3) is 0.841. The third-order valence-corrected chi connectivity index (χ3v) is 15.4. The lowest BCUT2D eigenvalue weighted by Crippen LogP contribution is -2.61. The van der Waals surface area contributed by atoms with Crippen LogP contribution < -0.4 is 14.2 Å². The van der Waals surface area contributed by atoms with Crippen molar-refractivity contribution in [1.29, 1.82) is 0 Å². The maximum Gasteiger partial charge on any atom is 0.303 e. The van der Waals surface area contributed by atoms with E-state index in [1.165, 1.54) is 232 Å². The van der Waals surface area contributed by atoms with Crippen molar-refractivity contribution in [3.63, 3.8) is 0 Å². The van der Waals surface area contributed by atoms with Gasteiger partial charge in [-0.1, -0.05) is 233 Å². The number of hydrogen-bond acceptors (Lipinski definition) is 13. The summed E-state index contributed by atoms with van der Waals surface area (Å²) < 4.78 is 49.0. The highest BCUT2D eigenvalue weighted by atomic mass is 32.2. The normalized spacial score (nSPS) is 17.3. The first-order valence-corrected chi connectivity index (χ1v) is 32.0. The van der Waals surface area contributed by atoms with E-state index in [9.17, 15) is 19.2 Å². The van der Waals surface area contributed by atoms with Gasteiger partial charge in [-0.25, -0.2) is 0 Å². The maximum absolute atomic E-state index is 12.6. The summed E-state index contributed by atoms with van der Waals surface area (Å²) in [5.41, 5.74) is -0.0526. The van der Waals surface area contributed by atoms with Crippen LogP contribution in [0.25, 0.3) is 0 Å². The Morgan fingerprint density at radius 3 is 1.07 bits per heavy atom. The van der Waals surface area contributed by atoms with Crippen molar-refractivity contribution in [2.24, 2.45) is 0 Å². The molecule has 76 heavy (non-hydrogen) atoms. The number of benzene rings is 1. The fourth-order valence-corrected chi connectivity index (χ4v) is 11.1. The second-order valence-electron chi connectivity index (χ2n) is 21.5. The average molecular weight is 1090 g/mol. The summed E-state index contributed by atoms with van der Waals surface area (Å²) in [5.74, 6) is -0.294. The maximum atomic E-state index is 12.6. The summed E-state index contributed by atoms with van der Waals surface area (Å²) in [4.78, 5) is 49.5. The topological polar surface area (TPSA) is 142 Å². The van der Waals surface area contributed by atoms with Gasteiger partial charge in [-0.3, -0.25) is 19.2 Å². The van der Waals surface area contributed by atoms with E-state index in [0.717, 1.165) is 44.1 Å². The predicted octanol–water partition coefficient (Wildman–Crippen LogP) is 17.2. The molecule has 1 aromatic rings. The van der Waals surface area contributed by atoms with Crippen LogP contribution in [0.4, 0.5) is 0 Å². The number of esters is 4. The summed E-state index contributed by atoms with van der Waals surface area (Å²) in [6.07, 6.45) is 40.7. The fourth-order valence-electron chi connectivity index (χ4n) is 9.94. The van der Waals surface area contributed by atoms with E-state index in [2.05, 4.69) is 20.8 Å². The van der Waals surface area contributed by atoms with Crippen molar-refractivity contribution in [3.8, 4) is 17.2 Å². The van der Waals surface area contributed by atoms with Crippen LogP contribution in [0, 0.1) is 0 Å². The van der Waals surface area contributed by atoms with Gasteiger partial charge in [0.05, 0.1) is 19.8 Å². The molecule has 0 saturated carbocycles. The summed E-state index contributed by atoms with van der Waals surface area (Å²) >= 11 is 1.32. The predicted molar refractivity (Wildman–Crippen MR) is 309 cm³/mol. The SMILES string of the molecule is CCCCCCCCCCCCCCOc1cc(CS[C@H]2O[C@H](COC(C)=O)[C@@H](OC(C)=O)[C@H](OC(C)=O)[C@H]2OC(C)=O)cc(OCCCCCCCCCCCCCC)c1OCCCCCCCCCCCCCC. The number of carbonyl (C=O) groups excluding carboxylic acids is 4. The second-order valence-corrected chi connectivity index (χ2v) is 22.6. The first-order chi connectivity index (χ1) is 37.0. The molecule has 0 aromatic heterocycles. The summed E-state index contributed by atoms with van der Waals surface area (Å²) in [5, 5.41) is 0. The summed E-state index contributed by atoms with van der Waals surface area (Å²) in [6.45, 7) is 13.1. The Morgan fingerprint density at radius 1 is 0.408 bits per heavy atom. The van der Waals surface area contributed by atoms with E-state index >= 15 is 0 Å². The molecule has 13 heteroatoms. The van der Waals surface area contributed by atoms with Gasteiger partial charge in [0.15, 0.2) is 29.8 Å². The molecule has 5 atom stereocenters. The minimum Gasteiger partial charge on any atom is -0.490 e. The molecule has 0 unspecified atom stereocenters. The summed E-state index contributed by atoms with van der Waals surface area (Å²) in [6, 6.07) is 4.01. The van der Waals surface area contributed by atoms with Gasteiger partial charge in [-0.05, 0) is 37.0 Å². The van der Waals surface area contributed by atoms with Gasteiger partial charge in [0.1, 0.15) is 18.1 Å². The average Bonchev–Trinajstić information content (AvgIpc) is 3.38. The molecule has 0 bridgehead atoms. The molecule has 1 fully saturated rings. The molecule has 440 valence electrons. The van der Waals surface area contributed by atoms with E-state index in [4.69, 9.17) is 37.9 Å². The number of thioether (sulfide) groups is 1. The molecule has 12 nitrogen and oxygen atoms in total. The van der Waals surface area contributed by atoms with Gasteiger partial charge in [0.2, 0.25) is 5.75 Å². The van der Waals surface area contributed by atoms with Crippen LogP contribution in [0.2, 0.25) is 0 Å². The number of unbranched alkanes of at least 4 members (excludes halogenated alkanes) is 33. The van der Waals surface area contributed by atoms with E-state index in [1.807, 2.05) is 12.1 Å². The molecule has 1 saturated heterocycles. The molecule has 0 radical (unpaired) electrons. The van der Waals surface area contributed by atoms with Crippen LogP contribution in [0.5, 0.6) is 17.2 Å². The second kappa shape index (κ2) is 46.7. The number of rotatable bonds is 50. The van der Waals surface area contributed by atoms with Gasteiger partial charge < -0.3 is 37.9 Å². The molecule has 1 aromatic carbocycles. The smallest absolute Gasteiger partial charge is 0.303 e. The van der Waals surface area contributed by atoms with Crippen molar-refractivity contribution in [2.45, 2.75) is 315 Å². The monoisotopic (exact) mass is 1090 g/mol. The van der Waals surface area contributed by atoms with E-state index < -0.39 is 53.7 Å². The Bertz CT molecular complexity index is 1570. The number of hydrogen-bond donors (Lipinski definition) is 0. The van der Waals surface area contributed by atoms with E-state index in [0.29, 0.717) is 42.8 Å². The highest BCUT2D eigenvalue weighted by Gasteiger charge is 2.52. The van der Waals surface area contributed by atoms with E-state index in [-0.39, 0.29) is 6.61 Å². The van der Waals surface area contributed by atoms with Gasteiger partial charge in [0, 0.05) is 33.4 Å². The van der Waals surface area contributed by atoms with Crippen molar-refractivity contribution >= 4 is 35.6 Å². The first kappa shape index (κ1) is 68.9. The molecule has 1 aliphatic rings. The van der Waals surface area contributed by atoms with Crippen LogP contribution in [0.1, 0.15) is 285 Å². The third kappa shape index (κ3) is 34.6. The highest BCUT2D eigenvalue weighted by Crippen LogP contribution is 2.42. The molecule has 0 aliphatic carbocycles. The zero-order chi connectivity index (χ0) is 55.3. The largest absolute Gasteiger partial charge is 0.490 e. The first-order valence-electron chi connectivity index (χ1n) is 31.0. The minimum absolute atomic E-state index is 0.283. The lowest BCUT2D eigenvalue weighted by atomic mass is 9.99. The lowest BCUT2D eigenvalue weighted by molar-refractivity contribution is -0.237. The highest BCUT2D eigenvalue weighted by molar-refractivity contribution is 7.99. The van der Waals surface area contributed by atoms with Crippen LogP contribution in [-0.4, -0.2) is 80.2 Å². The zero-order valence-electron chi connectivity index (χ0n) is 49.3. The zero-order valence-corrected chi connectivity index (χ0v) is 50.2. The van der Waals surface area contributed by atoms with Crippen molar-refractivity contribution < 1.29 is 57.1 Å². The van der Waals surface area contributed by atoms with Crippen molar-refractivity contribution in [1.82, 2.24) is 0 Å². The van der Waals surface area contributed by atoms with Crippen LogP contribution in [0.15, 0.2) is 12.1 Å². The van der Waals surface area contributed by atoms with E-state index in [1.54, 1.807) is 0 Å². The van der Waals surface area contributed by atoms with Crippen molar-refractivity contribution in [3.05, 3.63) is 17.7 Å². The molecule has 1 aliphatic heterocycles. The quantitative estimate of drug-likeness (QED) is 0.0347.